The van der Waals surface area contributed by atoms with Crippen LogP contribution in [0.5, 0.6) is 0 Å². The minimum Gasteiger partial charge on any atom is -0.264 e. The summed E-state index contributed by atoms with van der Waals surface area (Å²) in [5.41, 5.74) is 0. The van der Waals surface area contributed by atoms with E-state index in [1.807, 2.05) is 0 Å². The van der Waals surface area contributed by atoms with Gasteiger partial charge in [-0.2, -0.15) is 8.42 Å². The smallest absolute Gasteiger partial charge is 0.264 e. The summed E-state index contributed by atoms with van der Waals surface area (Å²) in [5.74, 6) is 0. The summed E-state index contributed by atoms with van der Waals surface area (Å²) in [6.45, 7) is 0. The van der Waals surface area contributed by atoms with E-state index >= 15 is 0 Å². The summed E-state index contributed by atoms with van der Waals surface area (Å²) in [7, 11) is -4.67. The summed E-state index contributed by atoms with van der Waals surface area (Å²) >= 11 is 0. The largest absolute Gasteiger partial charge is 0.394 e. The van der Waals surface area contributed by atoms with Crippen molar-refractivity contribution in [1.29, 1.82) is 0 Å². The van der Waals surface area contributed by atoms with E-state index < -0.39 is 10.4 Å². The lowest BCUT2D eigenvalue weighted by atomic mass is 15.8. The first kappa shape index (κ1) is 15.7. The molecule has 0 aliphatic carbocycles. The van der Waals surface area contributed by atoms with Gasteiger partial charge in [0.15, 0.2) is 0 Å². The van der Waals surface area contributed by atoms with E-state index in [0.717, 1.165) is 0 Å². The summed E-state index contributed by atoms with van der Waals surface area (Å²) in [4.78, 5) is 0. The Morgan fingerprint density at radius 3 is 1.14 bits per heavy atom. The Morgan fingerprint density at radius 1 is 1.14 bits per heavy atom. The highest BCUT2D eigenvalue weighted by atomic mass is 35.5. The topological polar surface area (TPSA) is 74.6 Å². The third-order valence-corrected chi connectivity index (χ3v) is 0. The first-order valence-electron chi connectivity index (χ1n) is 0.698. The van der Waals surface area contributed by atoms with E-state index in [1.165, 1.54) is 0 Å². The van der Waals surface area contributed by atoms with Crippen LogP contribution in [0.25, 0.3) is 0 Å². The molecule has 0 saturated carbocycles. The number of rotatable bonds is 0. The van der Waals surface area contributed by atoms with Crippen molar-refractivity contribution in [1.82, 2.24) is 0 Å². The monoisotopic (exact) mass is 160 g/mol. The van der Waals surface area contributed by atoms with Crippen LogP contribution in [0.4, 0.5) is 0 Å². The molecule has 0 heterocycles. The normalized spacial score (nSPS) is 8.29. The van der Waals surface area contributed by atoms with Crippen molar-refractivity contribution < 1.29 is 17.5 Å². The highest BCUT2D eigenvalue weighted by Gasteiger charge is 1.84. The fourth-order valence-electron chi connectivity index (χ4n) is 0. The molecule has 0 radical (unpaired) electrons. The molecule has 0 fully saturated rings. The maximum absolute atomic E-state index is 8.74. The Kier molecular flexibility index (Phi) is 11.3. The van der Waals surface area contributed by atoms with Crippen LogP contribution in [0.2, 0.25) is 0 Å². The molecule has 0 saturated heterocycles. The molecule has 0 rings (SSSR count). The highest BCUT2D eigenvalue weighted by molar-refractivity contribution is 7.79. The Balaban J connectivity index is -0.0000000800. The van der Waals surface area contributed by atoms with Gasteiger partial charge in [-0.25, -0.2) is 0 Å². The van der Waals surface area contributed by atoms with Crippen molar-refractivity contribution in [2.45, 2.75) is 0 Å². The van der Waals surface area contributed by atoms with Crippen LogP contribution < -0.4 is 0 Å². The Hall–Kier alpha value is 0.926. The minimum absolute atomic E-state index is 0. The summed E-state index contributed by atoms with van der Waals surface area (Å²) in [5, 5.41) is 0. The molecule has 0 aliphatic rings. The van der Waals surface area contributed by atoms with Gasteiger partial charge < -0.3 is 0 Å². The second-order valence-corrected chi connectivity index (χ2v) is 1.34. The lowest BCUT2D eigenvalue weighted by Gasteiger charge is -1.68. The number of hydrogen-bond acceptors (Lipinski definition) is 2. The molecule has 7 heavy (non-hydrogen) atoms. The van der Waals surface area contributed by atoms with Crippen LogP contribution in [0.3, 0.4) is 0 Å². The van der Waals surface area contributed by atoms with E-state index in [0.29, 0.717) is 0 Å². The van der Waals surface area contributed by atoms with E-state index in [4.69, 9.17) is 17.5 Å². The van der Waals surface area contributed by atoms with E-state index in [9.17, 15) is 0 Å². The van der Waals surface area contributed by atoms with Gasteiger partial charge in [0.25, 0.3) is 0 Å². The third kappa shape index (κ3) is 196. The molecule has 0 aromatic carbocycles. The van der Waals surface area contributed by atoms with Crippen molar-refractivity contribution in [3.05, 3.63) is 0 Å². The fraction of sp³-hybridized carbons (Fsp3) is 0. The molecule has 0 aliphatic heterocycles. The zero-order valence-electron chi connectivity index (χ0n) is 2.53. The second kappa shape index (κ2) is 5.07. The van der Waals surface area contributed by atoms with Crippen molar-refractivity contribution >= 4 is 45.9 Å². The van der Waals surface area contributed by atoms with Gasteiger partial charge in [-0.15, -0.1) is 12.4 Å². The molecule has 4 nitrogen and oxygen atoms in total. The molecule has 0 spiro atoms. The highest BCUT2D eigenvalue weighted by Crippen LogP contribution is 1.59. The maximum atomic E-state index is 8.74. The van der Waals surface area contributed by atoms with Crippen LogP contribution in [0, 0.1) is 0 Å². The average molecular weight is 161 g/mol. The fourth-order valence-corrected chi connectivity index (χ4v) is 0. The van der Waals surface area contributed by atoms with Crippen LogP contribution in [0.15, 0.2) is 0 Å². The molecule has 0 bridgehead atoms. The van der Waals surface area contributed by atoms with Crippen molar-refractivity contribution in [2.24, 2.45) is 0 Å². The lowest BCUT2D eigenvalue weighted by Crippen LogP contribution is -1.89. The standard InChI is InChI=1S/ClH.Mg.H2O4S.2H/c;;1-5(2,3)4;;/h1H;;(H2,1,2,3,4);;. The van der Waals surface area contributed by atoms with Gasteiger partial charge in [-0.1, -0.05) is 0 Å². The number of hydrogen-bond donors (Lipinski definition) is 2. The predicted molar refractivity (Wildman–Crippen MR) is 30.0 cm³/mol. The zero-order valence-corrected chi connectivity index (χ0v) is 4.16. The van der Waals surface area contributed by atoms with E-state index in [2.05, 4.69) is 0 Å². The van der Waals surface area contributed by atoms with Crippen LogP contribution in [-0.4, -0.2) is 40.6 Å². The van der Waals surface area contributed by atoms with Gasteiger partial charge in [0, 0.05) is 0 Å². The van der Waals surface area contributed by atoms with E-state index in [-0.39, 0.29) is 35.5 Å². The molecular weight excluding hydrogens is 156 g/mol. The predicted octanol–water partition coefficient (Wildman–Crippen LogP) is -1.15. The second-order valence-electron chi connectivity index (χ2n) is 0.448. The SMILES string of the molecule is Cl.O=S(=O)(O)O.[MgH2]. The Labute approximate surface area is 63.4 Å². The summed E-state index contributed by atoms with van der Waals surface area (Å²) in [6.07, 6.45) is 0. The molecule has 2 N–H and O–H groups in total. The first-order chi connectivity index (χ1) is 2.00. The molecule has 0 atom stereocenters. The average Bonchev–Trinajstić information content (AvgIpc) is 0.722. The maximum Gasteiger partial charge on any atom is 0.394 e. The lowest BCUT2D eigenvalue weighted by molar-refractivity contribution is 0.381. The third-order valence-electron chi connectivity index (χ3n) is 0. The molecule has 7 heteroatoms. The van der Waals surface area contributed by atoms with Crippen molar-refractivity contribution in [2.75, 3.05) is 0 Å². The molecule has 0 amide bonds. The van der Waals surface area contributed by atoms with Gasteiger partial charge in [0.1, 0.15) is 0 Å². The molecule has 0 aromatic rings. The van der Waals surface area contributed by atoms with Crippen molar-refractivity contribution in [3.63, 3.8) is 0 Å². The molecule has 0 unspecified atom stereocenters. The molecule has 0 aromatic heterocycles. The van der Waals surface area contributed by atoms with Gasteiger partial charge in [0.05, 0.1) is 0 Å². The van der Waals surface area contributed by atoms with Crippen molar-refractivity contribution in [3.8, 4) is 0 Å². The van der Waals surface area contributed by atoms with Crippen LogP contribution in [0.1, 0.15) is 0 Å². The minimum atomic E-state index is -4.67. The van der Waals surface area contributed by atoms with E-state index in [1.54, 1.807) is 0 Å². The Morgan fingerprint density at radius 2 is 1.14 bits per heavy atom. The van der Waals surface area contributed by atoms with Gasteiger partial charge >= 0.3 is 33.5 Å². The van der Waals surface area contributed by atoms with Gasteiger partial charge in [-0.3, -0.25) is 9.11 Å². The Bertz CT molecular complexity index is 94.9. The van der Waals surface area contributed by atoms with Gasteiger partial charge in [-0.05, 0) is 0 Å². The summed E-state index contributed by atoms with van der Waals surface area (Å²) in [6, 6.07) is 0. The van der Waals surface area contributed by atoms with Crippen LogP contribution >= 0.6 is 12.4 Å². The zero-order chi connectivity index (χ0) is 4.50. The quantitative estimate of drug-likeness (QED) is 0.347. The van der Waals surface area contributed by atoms with Gasteiger partial charge in [0.2, 0.25) is 0 Å². The molecule has 44 valence electrons. The summed E-state index contributed by atoms with van der Waals surface area (Å²) < 4.78 is 31.6. The molecular formula is H5ClMgO4S. The number of halogens is 1. The van der Waals surface area contributed by atoms with Crippen LogP contribution in [-0.2, 0) is 10.4 Å². The first-order valence-corrected chi connectivity index (χ1v) is 2.10.